The molecule has 1 heterocycles. The molecule has 0 unspecified atom stereocenters. The Morgan fingerprint density at radius 3 is 2.12 bits per heavy atom. The maximum absolute atomic E-state index is 11.4. The van der Waals surface area contributed by atoms with Crippen molar-refractivity contribution in [1.82, 2.24) is 4.98 Å². The highest BCUT2D eigenvalue weighted by Gasteiger charge is 2.28. The van der Waals surface area contributed by atoms with E-state index in [-0.39, 0.29) is 15.2 Å². The number of aromatic nitrogens is 1. The number of sulfonamides is 2. The van der Waals surface area contributed by atoms with E-state index in [1.54, 1.807) is 0 Å². The number of anilines is 1. The SMILES string of the molecule is CS(=O)(=O)N(c1cccc(CO)n1)S(C)(=O)=O. The van der Waals surface area contributed by atoms with Gasteiger partial charge >= 0.3 is 0 Å². The predicted octanol–water partition coefficient (Wildman–Crippen LogP) is -0.700. The number of hydrogen-bond acceptors (Lipinski definition) is 6. The van der Waals surface area contributed by atoms with E-state index in [9.17, 15) is 16.8 Å². The van der Waals surface area contributed by atoms with Crippen LogP contribution in [0.1, 0.15) is 5.69 Å². The fraction of sp³-hybridized carbons (Fsp3) is 0.375. The lowest BCUT2D eigenvalue weighted by Gasteiger charge is -2.18. The topological polar surface area (TPSA) is 105 Å². The van der Waals surface area contributed by atoms with Gasteiger partial charge in [-0.2, -0.15) is 0 Å². The van der Waals surface area contributed by atoms with Gasteiger partial charge in [0, 0.05) is 0 Å². The summed E-state index contributed by atoms with van der Waals surface area (Å²) in [5.41, 5.74) is 0.180. The zero-order valence-corrected chi connectivity index (χ0v) is 10.9. The van der Waals surface area contributed by atoms with Crippen LogP contribution in [0.3, 0.4) is 0 Å². The molecule has 0 aromatic carbocycles. The summed E-state index contributed by atoms with van der Waals surface area (Å²) in [6.07, 6.45) is 1.53. The van der Waals surface area contributed by atoms with E-state index < -0.39 is 26.7 Å². The Labute approximate surface area is 99.8 Å². The summed E-state index contributed by atoms with van der Waals surface area (Å²) in [7, 11) is -8.00. The normalized spacial score (nSPS) is 12.4. The standard InChI is InChI=1S/C8H12N2O5S2/c1-16(12,13)10(17(2,14)15)8-5-3-4-7(6-11)9-8/h3-5,11H,6H2,1-2H3. The fourth-order valence-electron chi connectivity index (χ4n) is 1.24. The summed E-state index contributed by atoms with van der Waals surface area (Å²) >= 11 is 0. The van der Waals surface area contributed by atoms with E-state index >= 15 is 0 Å². The summed E-state index contributed by atoms with van der Waals surface area (Å²) in [5, 5.41) is 8.87. The average molecular weight is 280 g/mol. The zero-order valence-electron chi connectivity index (χ0n) is 9.23. The van der Waals surface area contributed by atoms with Crippen LogP contribution >= 0.6 is 0 Å². The maximum Gasteiger partial charge on any atom is 0.246 e. The Morgan fingerprint density at radius 1 is 1.18 bits per heavy atom. The van der Waals surface area contributed by atoms with Crippen molar-refractivity contribution in [1.29, 1.82) is 0 Å². The summed E-state index contributed by atoms with van der Waals surface area (Å²) in [4.78, 5) is 3.74. The van der Waals surface area contributed by atoms with E-state index in [1.165, 1.54) is 18.2 Å². The lowest BCUT2D eigenvalue weighted by Crippen LogP contribution is -2.36. The van der Waals surface area contributed by atoms with E-state index in [2.05, 4.69) is 4.98 Å². The van der Waals surface area contributed by atoms with Gasteiger partial charge in [0.05, 0.1) is 24.8 Å². The number of nitrogens with zero attached hydrogens (tertiary/aromatic N) is 2. The third-order valence-electron chi connectivity index (χ3n) is 1.74. The van der Waals surface area contributed by atoms with Crippen molar-refractivity contribution in [2.75, 3.05) is 16.2 Å². The van der Waals surface area contributed by atoms with Crippen LogP contribution in [-0.2, 0) is 26.7 Å². The Bertz CT molecular complexity index is 577. The summed E-state index contributed by atoms with van der Waals surface area (Å²) in [5.74, 6) is -0.262. The molecule has 17 heavy (non-hydrogen) atoms. The first kappa shape index (κ1) is 13.9. The van der Waals surface area contributed by atoms with Gasteiger partial charge in [-0.3, -0.25) is 0 Å². The second kappa shape index (κ2) is 4.59. The molecular formula is C8H12N2O5S2. The third kappa shape index (κ3) is 3.38. The molecule has 0 bridgehead atoms. The van der Waals surface area contributed by atoms with Gasteiger partial charge in [0.25, 0.3) is 0 Å². The highest BCUT2D eigenvalue weighted by atomic mass is 32.3. The summed E-state index contributed by atoms with van der Waals surface area (Å²) < 4.78 is 45.9. The average Bonchev–Trinajstić information content (AvgIpc) is 2.13. The van der Waals surface area contributed by atoms with Crippen molar-refractivity contribution in [3.8, 4) is 0 Å². The molecule has 1 N–H and O–H groups in total. The molecule has 0 amide bonds. The lowest BCUT2D eigenvalue weighted by molar-refractivity contribution is 0.277. The van der Waals surface area contributed by atoms with Crippen LogP contribution < -0.4 is 3.71 Å². The van der Waals surface area contributed by atoms with Crippen molar-refractivity contribution >= 4 is 25.9 Å². The minimum atomic E-state index is -4.00. The van der Waals surface area contributed by atoms with Crippen LogP contribution in [-0.4, -0.2) is 39.4 Å². The van der Waals surface area contributed by atoms with Crippen LogP contribution in [0.15, 0.2) is 18.2 Å². The van der Waals surface area contributed by atoms with Gasteiger partial charge in [0.15, 0.2) is 5.82 Å². The molecule has 0 aliphatic carbocycles. The maximum atomic E-state index is 11.4. The van der Waals surface area contributed by atoms with E-state index in [1.807, 2.05) is 0 Å². The van der Waals surface area contributed by atoms with Crippen LogP contribution in [0.5, 0.6) is 0 Å². The first-order chi connectivity index (χ1) is 7.66. The van der Waals surface area contributed by atoms with Gasteiger partial charge in [0.1, 0.15) is 0 Å². The van der Waals surface area contributed by atoms with Gasteiger partial charge < -0.3 is 5.11 Å². The monoisotopic (exact) mass is 280 g/mol. The molecule has 0 spiro atoms. The molecule has 96 valence electrons. The molecule has 0 saturated carbocycles. The van der Waals surface area contributed by atoms with Crippen LogP contribution in [0, 0.1) is 0 Å². The van der Waals surface area contributed by atoms with E-state index in [4.69, 9.17) is 5.11 Å². The minimum absolute atomic E-state index is 0.180. The molecule has 0 radical (unpaired) electrons. The first-order valence-corrected chi connectivity index (χ1v) is 8.13. The highest BCUT2D eigenvalue weighted by Crippen LogP contribution is 2.18. The van der Waals surface area contributed by atoms with E-state index in [0.717, 1.165) is 12.5 Å². The molecule has 7 nitrogen and oxygen atoms in total. The largest absolute Gasteiger partial charge is 0.390 e. The van der Waals surface area contributed by atoms with Crippen molar-refractivity contribution < 1.29 is 21.9 Å². The predicted molar refractivity (Wildman–Crippen MR) is 62.3 cm³/mol. The molecule has 1 aromatic heterocycles. The summed E-state index contributed by atoms with van der Waals surface area (Å²) in [6.45, 7) is -0.408. The molecule has 0 saturated heterocycles. The van der Waals surface area contributed by atoms with Crippen molar-refractivity contribution in [3.05, 3.63) is 23.9 Å². The van der Waals surface area contributed by atoms with Crippen LogP contribution in [0.2, 0.25) is 0 Å². The van der Waals surface area contributed by atoms with E-state index in [0.29, 0.717) is 0 Å². The first-order valence-electron chi connectivity index (χ1n) is 4.43. The molecular weight excluding hydrogens is 268 g/mol. The van der Waals surface area contributed by atoms with Crippen LogP contribution in [0.4, 0.5) is 5.82 Å². The number of rotatable bonds is 4. The number of aliphatic hydroxyl groups is 1. The molecule has 0 aliphatic rings. The zero-order chi connectivity index (χ0) is 13.3. The Morgan fingerprint density at radius 2 is 1.71 bits per heavy atom. The van der Waals surface area contributed by atoms with Gasteiger partial charge in [-0.1, -0.05) is 6.07 Å². The van der Waals surface area contributed by atoms with Crippen LogP contribution in [0.25, 0.3) is 0 Å². The molecule has 0 fully saturated rings. The van der Waals surface area contributed by atoms with Crippen molar-refractivity contribution in [3.63, 3.8) is 0 Å². The minimum Gasteiger partial charge on any atom is -0.390 e. The Hall–Kier alpha value is -1.19. The van der Waals surface area contributed by atoms with Gasteiger partial charge in [0.2, 0.25) is 20.0 Å². The molecule has 9 heteroatoms. The van der Waals surface area contributed by atoms with Crippen molar-refractivity contribution in [2.24, 2.45) is 0 Å². The number of aliphatic hydroxyl groups excluding tert-OH is 1. The van der Waals surface area contributed by atoms with Gasteiger partial charge in [-0.05, 0) is 12.1 Å². The Balaban J connectivity index is 3.44. The molecule has 0 atom stereocenters. The van der Waals surface area contributed by atoms with Gasteiger partial charge in [-0.25, -0.2) is 21.8 Å². The number of hydrogen-bond donors (Lipinski definition) is 1. The third-order valence-corrected chi connectivity index (χ3v) is 4.95. The quantitative estimate of drug-likeness (QED) is 0.782. The van der Waals surface area contributed by atoms with Crippen molar-refractivity contribution in [2.45, 2.75) is 6.61 Å². The molecule has 0 aliphatic heterocycles. The fourth-order valence-corrected chi connectivity index (χ4v) is 4.09. The second-order valence-electron chi connectivity index (χ2n) is 3.37. The summed E-state index contributed by atoms with van der Waals surface area (Å²) in [6, 6.07) is 4.10. The van der Waals surface area contributed by atoms with Gasteiger partial charge in [-0.15, -0.1) is 3.71 Å². The molecule has 1 aromatic rings. The molecule has 1 rings (SSSR count). The smallest absolute Gasteiger partial charge is 0.246 e. The second-order valence-corrected chi connectivity index (χ2v) is 7.26. The lowest BCUT2D eigenvalue weighted by atomic mass is 10.3. The number of pyridine rings is 1. The highest BCUT2D eigenvalue weighted by molar-refractivity contribution is 8.09. The Kier molecular flexibility index (Phi) is 3.74.